The van der Waals surface area contributed by atoms with Crippen molar-refractivity contribution >= 4 is 5.91 Å². The molecule has 1 unspecified atom stereocenters. The van der Waals surface area contributed by atoms with Gasteiger partial charge in [-0.2, -0.15) is 0 Å². The molecule has 1 N–H and O–H groups in total. The van der Waals surface area contributed by atoms with E-state index in [0.717, 1.165) is 38.9 Å². The van der Waals surface area contributed by atoms with Crippen molar-refractivity contribution in [3.8, 4) is 0 Å². The molecule has 1 atom stereocenters. The molecule has 0 aromatic heterocycles. The molecule has 0 bridgehead atoms. The fourth-order valence-corrected chi connectivity index (χ4v) is 2.40. The van der Waals surface area contributed by atoms with Gasteiger partial charge in [-0.25, -0.2) is 0 Å². The summed E-state index contributed by atoms with van der Waals surface area (Å²) in [5.74, 6) is 0.251. The van der Waals surface area contributed by atoms with E-state index in [1.54, 1.807) is 0 Å². The second kappa shape index (κ2) is 6.55. The lowest BCUT2D eigenvalue weighted by molar-refractivity contribution is -0.132. The van der Waals surface area contributed by atoms with Gasteiger partial charge in [0.2, 0.25) is 5.91 Å². The maximum absolute atomic E-state index is 12.1. The highest BCUT2D eigenvalue weighted by molar-refractivity contribution is 5.81. The van der Waals surface area contributed by atoms with Crippen LogP contribution in [0.15, 0.2) is 30.3 Å². The third-order valence-corrected chi connectivity index (χ3v) is 3.47. The molecule has 2 rings (SSSR count). The van der Waals surface area contributed by atoms with Crippen LogP contribution in [0.5, 0.6) is 0 Å². The Morgan fingerprint density at radius 3 is 2.89 bits per heavy atom. The van der Waals surface area contributed by atoms with E-state index < -0.39 is 0 Å². The van der Waals surface area contributed by atoms with Crippen molar-refractivity contribution in [1.29, 1.82) is 0 Å². The normalized spacial score (nSPS) is 20.8. The Kier molecular flexibility index (Phi) is 4.76. The molecule has 0 radical (unpaired) electrons. The van der Waals surface area contributed by atoms with Crippen molar-refractivity contribution in [2.45, 2.75) is 32.2 Å². The van der Waals surface area contributed by atoms with Gasteiger partial charge in [-0.15, -0.1) is 0 Å². The Balaban J connectivity index is 1.80. The van der Waals surface area contributed by atoms with Gasteiger partial charge in [0.05, 0.1) is 6.04 Å². The van der Waals surface area contributed by atoms with Gasteiger partial charge in [0.15, 0.2) is 0 Å². The number of hydrogen-bond donors (Lipinski definition) is 1. The van der Waals surface area contributed by atoms with Crippen LogP contribution in [-0.4, -0.2) is 36.5 Å². The summed E-state index contributed by atoms with van der Waals surface area (Å²) in [7, 11) is 0. The number of carbonyl (C=O) groups excluding carboxylic acids is 1. The van der Waals surface area contributed by atoms with Gasteiger partial charge in [-0.05, 0) is 38.3 Å². The Morgan fingerprint density at radius 1 is 1.33 bits per heavy atom. The summed E-state index contributed by atoms with van der Waals surface area (Å²) >= 11 is 0. The lowest BCUT2D eigenvalue weighted by atomic mass is 10.1. The molecule has 0 spiro atoms. The second-order valence-electron chi connectivity index (χ2n) is 4.94. The van der Waals surface area contributed by atoms with Crippen molar-refractivity contribution in [1.82, 2.24) is 10.2 Å². The molecule has 98 valence electrons. The largest absolute Gasteiger partial charge is 0.341 e. The molecule has 1 saturated heterocycles. The van der Waals surface area contributed by atoms with Crippen molar-refractivity contribution in [2.75, 3.05) is 19.6 Å². The molecule has 1 aliphatic heterocycles. The third kappa shape index (κ3) is 3.57. The van der Waals surface area contributed by atoms with Crippen LogP contribution in [0.1, 0.15) is 25.3 Å². The highest BCUT2D eigenvalue weighted by Gasteiger charge is 2.22. The quantitative estimate of drug-likeness (QED) is 0.879. The zero-order valence-corrected chi connectivity index (χ0v) is 11.1. The number of hydrogen-bond acceptors (Lipinski definition) is 2. The highest BCUT2D eigenvalue weighted by atomic mass is 16.2. The summed E-state index contributed by atoms with van der Waals surface area (Å²) in [6.07, 6.45) is 3.15. The van der Waals surface area contributed by atoms with Gasteiger partial charge in [0.25, 0.3) is 0 Å². The topological polar surface area (TPSA) is 32.3 Å². The predicted molar refractivity (Wildman–Crippen MR) is 73.4 cm³/mol. The molecule has 0 saturated carbocycles. The first kappa shape index (κ1) is 13.1. The van der Waals surface area contributed by atoms with E-state index in [9.17, 15) is 4.79 Å². The molecular formula is C15H22N2O. The van der Waals surface area contributed by atoms with Gasteiger partial charge in [-0.3, -0.25) is 4.79 Å². The maximum atomic E-state index is 12.1. The number of nitrogens with zero attached hydrogens (tertiary/aromatic N) is 1. The highest BCUT2D eigenvalue weighted by Crippen LogP contribution is 2.07. The first-order chi connectivity index (χ1) is 8.77. The molecule has 1 aliphatic rings. The molecule has 3 nitrogen and oxygen atoms in total. The average molecular weight is 246 g/mol. The first-order valence-corrected chi connectivity index (χ1v) is 6.83. The minimum Gasteiger partial charge on any atom is -0.341 e. The van der Waals surface area contributed by atoms with E-state index in [2.05, 4.69) is 29.6 Å². The van der Waals surface area contributed by atoms with E-state index in [-0.39, 0.29) is 11.9 Å². The van der Waals surface area contributed by atoms with Gasteiger partial charge >= 0.3 is 0 Å². The standard InChI is InChI=1S/C15H22N2O/c1-13-15(18)17(12-6-10-16-13)11-5-9-14-7-3-2-4-8-14/h2-4,7-8,13,16H,5-6,9-12H2,1H3. The van der Waals surface area contributed by atoms with Gasteiger partial charge < -0.3 is 10.2 Å². The maximum Gasteiger partial charge on any atom is 0.239 e. The number of carbonyl (C=O) groups is 1. The monoisotopic (exact) mass is 246 g/mol. The van der Waals surface area contributed by atoms with Crippen LogP contribution in [0.4, 0.5) is 0 Å². The summed E-state index contributed by atoms with van der Waals surface area (Å²) in [6, 6.07) is 10.4. The molecule has 3 heteroatoms. The average Bonchev–Trinajstić information content (AvgIpc) is 2.55. The molecule has 1 amide bonds. The Morgan fingerprint density at radius 2 is 2.11 bits per heavy atom. The molecule has 0 aliphatic carbocycles. The van der Waals surface area contributed by atoms with Gasteiger partial charge in [0.1, 0.15) is 0 Å². The Labute approximate surface area is 109 Å². The fourth-order valence-electron chi connectivity index (χ4n) is 2.40. The molecule has 1 heterocycles. The van der Waals surface area contributed by atoms with Crippen LogP contribution in [0.25, 0.3) is 0 Å². The molecule has 1 fully saturated rings. The zero-order valence-electron chi connectivity index (χ0n) is 11.1. The number of rotatable bonds is 4. The minimum absolute atomic E-state index is 0.0239. The number of nitrogens with one attached hydrogen (secondary N) is 1. The fraction of sp³-hybridized carbons (Fsp3) is 0.533. The van der Waals surface area contributed by atoms with Crippen LogP contribution in [0, 0.1) is 0 Å². The van der Waals surface area contributed by atoms with Crippen LogP contribution < -0.4 is 5.32 Å². The van der Waals surface area contributed by atoms with Crippen LogP contribution in [0.2, 0.25) is 0 Å². The van der Waals surface area contributed by atoms with Crippen molar-refractivity contribution in [3.05, 3.63) is 35.9 Å². The number of amides is 1. The van der Waals surface area contributed by atoms with E-state index in [0.29, 0.717) is 0 Å². The Bertz CT molecular complexity index is 377. The van der Waals surface area contributed by atoms with Crippen molar-refractivity contribution in [2.24, 2.45) is 0 Å². The lowest BCUT2D eigenvalue weighted by Crippen LogP contribution is -2.42. The summed E-state index contributed by atoms with van der Waals surface area (Å²) in [5, 5.41) is 3.24. The predicted octanol–water partition coefficient (Wildman–Crippen LogP) is 1.83. The number of aryl methyl sites for hydroxylation is 1. The summed E-state index contributed by atoms with van der Waals surface area (Å²) in [5.41, 5.74) is 1.35. The SMILES string of the molecule is CC1NCCCN(CCCc2ccccc2)C1=O. The number of benzene rings is 1. The lowest BCUT2D eigenvalue weighted by Gasteiger charge is -2.22. The summed E-state index contributed by atoms with van der Waals surface area (Å²) in [6.45, 7) is 4.67. The zero-order chi connectivity index (χ0) is 12.8. The van der Waals surface area contributed by atoms with E-state index in [1.807, 2.05) is 17.9 Å². The first-order valence-electron chi connectivity index (χ1n) is 6.83. The summed E-state index contributed by atoms with van der Waals surface area (Å²) in [4.78, 5) is 14.1. The molecule has 1 aromatic rings. The van der Waals surface area contributed by atoms with Crippen LogP contribution >= 0.6 is 0 Å². The second-order valence-corrected chi connectivity index (χ2v) is 4.94. The smallest absolute Gasteiger partial charge is 0.239 e. The van der Waals surface area contributed by atoms with Gasteiger partial charge in [0, 0.05) is 13.1 Å². The molecular weight excluding hydrogens is 224 g/mol. The van der Waals surface area contributed by atoms with Crippen molar-refractivity contribution in [3.63, 3.8) is 0 Å². The molecule has 18 heavy (non-hydrogen) atoms. The Hall–Kier alpha value is -1.35. The van der Waals surface area contributed by atoms with Gasteiger partial charge in [-0.1, -0.05) is 30.3 Å². The van der Waals surface area contributed by atoms with Crippen molar-refractivity contribution < 1.29 is 4.79 Å². The van der Waals surface area contributed by atoms with E-state index >= 15 is 0 Å². The summed E-state index contributed by atoms with van der Waals surface area (Å²) < 4.78 is 0. The van der Waals surface area contributed by atoms with Crippen LogP contribution in [-0.2, 0) is 11.2 Å². The van der Waals surface area contributed by atoms with E-state index in [4.69, 9.17) is 0 Å². The van der Waals surface area contributed by atoms with Crippen LogP contribution in [0.3, 0.4) is 0 Å². The third-order valence-electron chi connectivity index (χ3n) is 3.47. The van der Waals surface area contributed by atoms with E-state index in [1.165, 1.54) is 5.56 Å². The minimum atomic E-state index is -0.0239. The molecule has 1 aromatic carbocycles.